The van der Waals surface area contributed by atoms with Gasteiger partial charge in [-0.3, -0.25) is 6.29 Å². The number of aryl methyl sites for hydroxylation is 1. The van der Waals surface area contributed by atoms with Crippen LogP contribution in [0.5, 0.6) is 0 Å². The summed E-state index contributed by atoms with van der Waals surface area (Å²) in [5.74, 6) is 0.574. The van der Waals surface area contributed by atoms with Gasteiger partial charge >= 0.3 is 29.6 Å². The molecule has 220 valence electrons. The normalized spacial score (nSPS) is 18.6. The van der Waals surface area contributed by atoms with Gasteiger partial charge in [0, 0.05) is 21.4 Å². The number of benzene rings is 3. The first-order valence-corrected chi connectivity index (χ1v) is 15.4. The molecule has 1 aliphatic rings. The molecule has 43 heavy (non-hydrogen) atoms. The quantitative estimate of drug-likeness (QED) is 0.160. The van der Waals surface area contributed by atoms with Gasteiger partial charge in [-0.15, -0.1) is 6.42 Å². The molecule has 0 spiro atoms. The number of halogens is 2. The molecule has 0 radical (unpaired) electrons. The summed E-state index contributed by atoms with van der Waals surface area (Å²) < 4.78 is 14.3. The third-order valence-corrected chi connectivity index (χ3v) is 9.73. The number of alkyl halides is 1. The van der Waals surface area contributed by atoms with Crippen molar-refractivity contribution in [1.82, 2.24) is 4.98 Å². The summed E-state index contributed by atoms with van der Waals surface area (Å²) in [4.78, 5) is 15.9. The van der Waals surface area contributed by atoms with Crippen LogP contribution in [0.4, 0.5) is 4.39 Å². The minimum absolute atomic E-state index is 0. The maximum Gasteiger partial charge on any atom is 1.00 e. The van der Waals surface area contributed by atoms with Crippen LogP contribution >= 0.6 is 23.4 Å². The standard InChI is InChI=1S/C35H34ClFNO2S.Na.H2O/c1-34(2,40)30-9-4-3-7-25(30)13-17-32(41-23-35(18-19-39)22-33(35)37)27-8-5-6-24(20-27)10-15-29-16-12-26-11-14-28(36)21-31(26)38-29;;/h3-12,14-16,20-21,32-33,40H,13,17-18,22-23H2,1-2H3;;1H2/q-1;+1;/p-1/b15-10+;;/t32-,33?,35?;;/m1../s1. The summed E-state index contributed by atoms with van der Waals surface area (Å²) in [5.41, 5.74) is 4.39. The minimum Gasteiger partial charge on any atom is -0.870 e. The van der Waals surface area contributed by atoms with Crippen LogP contribution in [0.15, 0.2) is 78.9 Å². The van der Waals surface area contributed by atoms with E-state index in [2.05, 4.69) is 30.3 Å². The van der Waals surface area contributed by atoms with Crippen LogP contribution in [-0.4, -0.2) is 33.8 Å². The molecule has 2 N–H and O–H groups in total. The monoisotopic (exact) mass is 626 g/mol. The minimum atomic E-state index is -0.939. The molecule has 4 aromatic rings. The van der Waals surface area contributed by atoms with E-state index in [1.54, 1.807) is 25.6 Å². The van der Waals surface area contributed by atoms with Crippen LogP contribution in [0.3, 0.4) is 0 Å². The Balaban J connectivity index is 0.00000253. The fraction of sp³-hybridized carbons (Fsp3) is 0.314. The van der Waals surface area contributed by atoms with Gasteiger partial charge in [0.15, 0.2) is 0 Å². The van der Waals surface area contributed by atoms with Crippen molar-refractivity contribution in [2.45, 2.75) is 56.6 Å². The third kappa shape index (κ3) is 9.01. The fourth-order valence-corrected chi connectivity index (χ4v) is 7.03. The zero-order valence-electron chi connectivity index (χ0n) is 24.8. The van der Waals surface area contributed by atoms with Gasteiger partial charge in [-0.05, 0) is 85.1 Å². The molecule has 1 aliphatic carbocycles. The van der Waals surface area contributed by atoms with Crippen LogP contribution in [0.2, 0.25) is 5.02 Å². The first kappa shape index (κ1) is 35.4. The van der Waals surface area contributed by atoms with Gasteiger partial charge < -0.3 is 15.4 Å². The molecule has 4 nitrogen and oxygen atoms in total. The Morgan fingerprint density at radius 1 is 1.12 bits per heavy atom. The number of rotatable bonds is 12. The Labute approximate surface area is 284 Å². The molecule has 0 aliphatic heterocycles. The molecule has 1 heterocycles. The Bertz CT molecular complexity index is 1580. The largest absolute Gasteiger partial charge is 1.00 e. The van der Waals surface area contributed by atoms with Gasteiger partial charge in [-0.25, -0.2) is 9.37 Å². The van der Waals surface area contributed by atoms with E-state index in [0.29, 0.717) is 17.2 Å². The molecule has 0 saturated heterocycles. The first-order valence-electron chi connectivity index (χ1n) is 13.9. The molecule has 3 aromatic carbocycles. The van der Waals surface area contributed by atoms with Crippen LogP contribution in [0, 0.1) is 5.41 Å². The maximum atomic E-state index is 14.3. The van der Waals surface area contributed by atoms with Crippen LogP contribution < -0.4 is 29.6 Å². The molecule has 8 heteroatoms. The predicted octanol–water partition coefficient (Wildman–Crippen LogP) is 5.75. The van der Waals surface area contributed by atoms with Crippen molar-refractivity contribution in [3.63, 3.8) is 0 Å². The molecule has 0 bridgehead atoms. The smallest absolute Gasteiger partial charge is 0.870 e. The first-order chi connectivity index (χ1) is 19.7. The van der Waals surface area contributed by atoms with Crippen LogP contribution in [-0.2, 0) is 16.8 Å². The number of pyridine rings is 1. The summed E-state index contributed by atoms with van der Waals surface area (Å²) in [5, 5.41) is 12.5. The van der Waals surface area contributed by atoms with E-state index in [9.17, 15) is 14.3 Å². The number of aromatic nitrogens is 1. The van der Waals surface area contributed by atoms with E-state index in [1.165, 1.54) is 0 Å². The number of hydrogen-bond acceptors (Lipinski definition) is 5. The predicted molar refractivity (Wildman–Crippen MR) is 172 cm³/mol. The van der Waals surface area contributed by atoms with Gasteiger partial charge in [0.1, 0.15) is 6.17 Å². The summed E-state index contributed by atoms with van der Waals surface area (Å²) in [6.07, 6.45) is 7.21. The average molecular weight is 627 g/mol. The van der Waals surface area contributed by atoms with E-state index in [4.69, 9.17) is 16.6 Å². The molecule has 1 saturated carbocycles. The van der Waals surface area contributed by atoms with E-state index in [0.717, 1.165) is 51.7 Å². The van der Waals surface area contributed by atoms with E-state index in [1.807, 2.05) is 67.0 Å². The zero-order valence-corrected chi connectivity index (χ0v) is 28.3. The molecule has 1 aromatic heterocycles. The third-order valence-electron chi connectivity index (χ3n) is 7.84. The van der Waals surface area contributed by atoms with Crippen molar-refractivity contribution in [3.8, 4) is 0 Å². The van der Waals surface area contributed by atoms with Gasteiger partial charge in [0.2, 0.25) is 0 Å². The number of carbonyl (C=O) groups excluding carboxylic acids is 1. The maximum absolute atomic E-state index is 14.3. The second-order valence-electron chi connectivity index (χ2n) is 11.5. The SMILES string of the molecule is CC(C)(O)c1ccccc1CC[C@@H](SCC1(C[C-]=O)CC1F)c1cccc(/C=C/c2ccc3ccc(Cl)cc3n2)c1.[Na+].[OH-]. The fourth-order valence-electron chi connectivity index (χ4n) is 5.30. The summed E-state index contributed by atoms with van der Waals surface area (Å²) in [6.45, 7) is 3.61. The number of aliphatic hydroxyl groups is 1. The molecule has 5 rings (SSSR count). The zero-order chi connectivity index (χ0) is 29.0. The summed E-state index contributed by atoms with van der Waals surface area (Å²) in [6, 6.07) is 26.1. The van der Waals surface area contributed by atoms with Crippen molar-refractivity contribution >= 4 is 52.7 Å². The Kier molecular flexibility index (Phi) is 12.6. The van der Waals surface area contributed by atoms with E-state index in [-0.39, 0.29) is 46.7 Å². The van der Waals surface area contributed by atoms with Crippen molar-refractivity contribution in [1.29, 1.82) is 0 Å². The van der Waals surface area contributed by atoms with Crippen LogP contribution in [0.1, 0.15) is 66.3 Å². The Morgan fingerprint density at radius 3 is 2.58 bits per heavy atom. The second-order valence-corrected chi connectivity index (χ2v) is 13.1. The van der Waals surface area contributed by atoms with E-state index < -0.39 is 17.2 Å². The van der Waals surface area contributed by atoms with Crippen molar-refractivity contribution in [2.75, 3.05) is 5.75 Å². The van der Waals surface area contributed by atoms with Crippen molar-refractivity contribution in [3.05, 3.63) is 112 Å². The average Bonchev–Trinajstić information content (AvgIpc) is 3.59. The molecule has 2 unspecified atom stereocenters. The van der Waals surface area contributed by atoms with Crippen LogP contribution in [0.25, 0.3) is 23.1 Å². The molecular weight excluding hydrogens is 592 g/mol. The van der Waals surface area contributed by atoms with E-state index >= 15 is 0 Å². The number of nitrogens with zero attached hydrogens (tertiary/aromatic N) is 1. The second kappa shape index (κ2) is 15.3. The number of thioether (sulfide) groups is 1. The van der Waals surface area contributed by atoms with Gasteiger partial charge in [0.25, 0.3) is 0 Å². The topological polar surface area (TPSA) is 80.2 Å². The molecule has 3 atom stereocenters. The van der Waals surface area contributed by atoms with Gasteiger partial charge in [-0.2, -0.15) is 11.8 Å². The van der Waals surface area contributed by atoms with Crippen molar-refractivity contribution < 1.29 is 49.3 Å². The molecular formula is C35H35ClFNNaO3S-. The van der Waals surface area contributed by atoms with Gasteiger partial charge in [0.05, 0.1) is 16.8 Å². The number of fused-ring (bicyclic) bond motifs is 1. The molecule has 0 amide bonds. The Hall–Kier alpha value is -2.03. The molecule has 1 fully saturated rings. The number of hydrogen-bond donors (Lipinski definition) is 1. The summed E-state index contributed by atoms with van der Waals surface area (Å²) >= 11 is 7.87. The van der Waals surface area contributed by atoms with Gasteiger partial charge in [-0.1, -0.05) is 78.3 Å². The Morgan fingerprint density at radius 2 is 1.86 bits per heavy atom. The van der Waals surface area contributed by atoms with Crippen molar-refractivity contribution in [2.24, 2.45) is 5.41 Å². The summed E-state index contributed by atoms with van der Waals surface area (Å²) in [7, 11) is 0.